The molecule has 2 atom stereocenters. The minimum absolute atomic E-state index is 0.253. The molecule has 4 aromatic rings. The number of anilines is 1. The number of alkyl halides is 4. The third-order valence-electron chi connectivity index (χ3n) is 7.05. The SMILES string of the molecule is C=C(NC)c1c(C2=CCC(F)C=C2)oc2cc(N(C)S(C)=O)c(/C=C/C=C\Cc3nc4cc(C(F)(F)F)ccc4s3)cc12. The zero-order valence-electron chi connectivity index (χ0n) is 23.7. The number of aromatic nitrogens is 1. The second kappa shape index (κ2) is 12.3. The van der Waals surface area contributed by atoms with E-state index in [1.54, 1.807) is 36.8 Å². The molecule has 0 radical (unpaired) electrons. The highest BCUT2D eigenvalue weighted by Gasteiger charge is 2.30. The maximum Gasteiger partial charge on any atom is 0.416 e. The van der Waals surface area contributed by atoms with E-state index in [0.29, 0.717) is 44.4 Å². The fourth-order valence-electron chi connectivity index (χ4n) is 4.73. The molecule has 2 unspecified atom stereocenters. The average Bonchev–Trinajstić information content (AvgIpc) is 3.56. The van der Waals surface area contributed by atoms with Gasteiger partial charge in [0.15, 0.2) is 0 Å². The highest BCUT2D eigenvalue weighted by Crippen LogP contribution is 2.40. The average molecular weight is 628 g/mol. The summed E-state index contributed by atoms with van der Waals surface area (Å²) in [5, 5.41) is 4.58. The fraction of sp³-hybridized carbons (Fsp3) is 0.219. The van der Waals surface area contributed by atoms with Gasteiger partial charge in [-0.1, -0.05) is 43.0 Å². The Labute approximate surface area is 253 Å². The Hall–Kier alpha value is -3.96. The lowest BCUT2D eigenvalue weighted by Gasteiger charge is -2.18. The Morgan fingerprint density at radius 3 is 2.74 bits per heavy atom. The van der Waals surface area contributed by atoms with Crippen LogP contribution in [-0.2, 0) is 23.6 Å². The van der Waals surface area contributed by atoms with Crippen LogP contribution in [0.15, 0.2) is 77.8 Å². The number of benzene rings is 2. The summed E-state index contributed by atoms with van der Waals surface area (Å²) in [6, 6.07) is 7.37. The van der Waals surface area contributed by atoms with Gasteiger partial charge in [-0.15, -0.1) is 11.3 Å². The summed E-state index contributed by atoms with van der Waals surface area (Å²) < 4.78 is 74.0. The molecule has 0 bridgehead atoms. The molecule has 0 saturated carbocycles. The van der Waals surface area contributed by atoms with E-state index >= 15 is 0 Å². The summed E-state index contributed by atoms with van der Waals surface area (Å²) in [6.45, 7) is 4.15. The second-order valence-electron chi connectivity index (χ2n) is 9.91. The van der Waals surface area contributed by atoms with Crippen molar-refractivity contribution in [3.8, 4) is 0 Å². The summed E-state index contributed by atoms with van der Waals surface area (Å²) in [6.07, 6.45) is 9.29. The van der Waals surface area contributed by atoms with E-state index in [1.165, 1.54) is 23.5 Å². The summed E-state index contributed by atoms with van der Waals surface area (Å²) in [4.78, 5) is 4.36. The first kappa shape index (κ1) is 30.5. The molecule has 2 aromatic heterocycles. The Morgan fingerprint density at radius 2 is 2.07 bits per heavy atom. The normalized spacial score (nSPS) is 16.4. The van der Waals surface area contributed by atoms with Crippen LogP contribution in [0.4, 0.5) is 23.2 Å². The molecule has 224 valence electrons. The highest BCUT2D eigenvalue weighted by atomic mass is 32.2. The molecule has 43 heavy (non-hydrogen) atoms. The standard InChI is InChI=1S/C32H29F4N3O2S2/c1-19(37-2)30-24-16-21(8-6-5-7-9-29-38-25-17-22(32(34,35)36)12-15-28(25)42-29)26(39(3)43(4)40)18-27(24)41-31(30)20-10-13-23(33)14-11-20/h5-8,10-13,15-18,23,37H,1,9,14H2,2-4H3/b7-5-,8-6+. The van der Waals surface area contributed by atoms with Crippen LogP contribution in [0.5, 0.6) is 0 Å². The van der Waals surface area contributed by atoms with Gasteiger partial charge in [0.2, 0.25) is 0 Å². The van der Waals surface area contributed by atoms with Crippen molar-refractivity contribution >= 4 is 66.5 Å². The number of nitrogens with zero attached hydrogens (tertiary/aromatic N) is 2. The molecule has 1 aliphatic carbocycles. The van der Waals surface area contributed by atoms with Crippen LogP contribution in [0.1, 0.15) is 33.9 Å². The Balaban J connectivity index is 1.46. The summed E-state index contributed by atoms with van der Waals surface area (Å²) >= 11 is 1.35. The monoisotopic (exact) mass is 627 g/mol. The third kappa shape index (κ3) is 6.52. The van der Waals surface area contributed by atoms with Gasteiger partial charge >= 0.3 is 6.18 Å². The molecule has 0 spiro atoms. The molecule has 5 nitrogen and oxygen atoms in total. The van der Waals surface area contributed by atoms with Crippen molar-refractivity contribution < 1.29 is 26.2 Å². The number of halogens is 4. The van der Waals surface area contributed by atoms with Gasteiger partial charge in [0.05, 0.1) is 32.0 Å². The van der Waals surface area contributed by atoms with E-state index in [1.807, 2.05) is 36.4 Å². The number of allylic oxidation sites excluding steroid dienone is 7. The smallest absolute Gasteiger partial charge is 0.416 e. The van der Waals surface area contributed by atoms with Gasteiger partial charge in [0.25, 0.3) is 0 Å². The maximum absolute atomic E-state index is 13.8. The van der Waals surface area contributed by atoms with Gasteiger partial charge in [-0.05, 0) is 35.9 Å². The number of fused-ring (bicyclic) bond motifs is 2. The molecular formula is C32H29F4N3O2S2. The quantitative estimate of drug-likeness (QED) is 0.149. The Morgan fingerprint density at radius 1 is 1.28 bits per heavy atom. The van der Waals surface area contributed by atoms with Crippen LogP contribution in [0.3, 0.4) is 0 Å². The van der Waals surface area contributed by atoms with Crippen molar-refractivity contribution in [3.05, 3.63) is 101 Å². The van der Waals surface area contributed by atoms with Gasteiger partial charge in [-0.2, -0.15) is 13.2 Å². The Bertz CT molecular complexity index is 1850. The molecule has 0 aliphatic heterocycles. The number of thiazole rings is 1. The second-order valence-corrected chi connectivity index (χ2v) is 12.4. The van der Waals surface area contributed by atoms with Crippen molar-refractivity contribution in [2.45, 2.75) is 25.2 Å². The number of rotatable bonds is 9. The first-order valence-electron chi connectivity index (χ1n) is 13.3. The van der Waals surface area contributed by atoms with Gasteiger partial charge in [-0.3, -0.25) is 4.31 Å². The summed E-state index contributed by atoms with van der Waals surface area (Å²) in [7, 11) is 2.18. The largest absolute Gasteiger partial charge is 0.455 e. The summed E-state index contributed by atoms with van der Waals surface area (Å²) in [5.74, 6) is 0.572. The van der Waals surface area contributed by atoms with Gasteiger partial charge in [0.1, 0.15) is 28.5 Å². The van der Waals surface area contributed by atoms with Crippen molar-refractivity contribution in [2.24, 2.45) is 0 Å². The predicted octanol–water partition coefficient (Wildman–Crippen LogP) is 8.47. The number of furan rings is 1. The van der Waals surface area contributed by atoms with Crippen molar-refractivity contribution in [1.29, 1.82) is 0 Å². The minimum Gasteiger partial charge on any atom is -0.455 e. The summed E-state index contributed by atoms with van der Waals surface area (Å²) in [5.41, 5.74) is 3.80. The van der Waals surface area contributed by atoms with E-state index in [9.17, 15) is 21.8 Å². The minimum atomic E-state index is -4.41. The lowest BCUT2D eigenvalue weighted by atomic mass is 9.97. The van der Waals surface area contributed by atoms with Crippen LogP contribution in [-0.4, -0.2) is 35.7 Å². The van der Waals surface area contributed by atoms with Gasteiger partial charge < -0.3 is 9.73 Å². The molecule has 0 amide bonds. The van der Waals surface area contributed by atoms with Crippen molar-refractivity contribution in [2.75, 3.05) is 24.7 Å². The fourth-order valence-corrected chi connectivity index (χ4v) is 6.09. The van der Waals surface area contributed by atoms with E-state index in [-0.39, 0.29) is 6.42 Å². The Kier molecular flexibility index (Phi) is 8.75. The topological polar surface area (TPSA) is 58.4 Å². The molecule has 0 fully saturated rings. The molecule has 1 N–H and O–H groups in total. The zero-order valence-corrected chi connectivity index (χ0v) is 25.3. The van der Waals surface area contributed by atoms with Crippen LogP contribution in [0.25, 0.3) is 38.5 Å². The molecular weight excluding hydrogens is 598 g/mol. The van der Waals surface area contributed by atoms with Crippen LogP contribution in [0, 0.1) is 0 Å². The van der Waals surface area contributed by atoms with Crippen LogP contribution in [0.2, 0.25) is 0 Å². The zero-order chi connectivity index (χ0) is 30.9. The lowest BCUT2D eigenvalue weighted by Crippen LogP contribution is -2.19. The highest BCUT2D eigenvalue weighted by molar-refractivity contribution is 7.85. The number of hydrogen-bond donors (Lipinski definition) is 1. The molecule has 1 aliphatic rings. The number of hydrogen-bond acceptors (Lipinski definition) is 5. The third-order valence-corrected chi connectivity index (χ3v) is 9.08. The van der Waals surface area contributed by atoms with Gasteiger partial charge in [-0.25, -0.2) is 13.6 Å². The van der Waals surface area contributed by atoms with E-state index < -0.39 is 28.9 Å². The van der Waals surface area contributed by atoms with Crippen LogP contribution < -0.4 is 9.62 Å². The molecule has 11 heteroatoms. The van der Waals surface area contributed by atoms with E-state index in [4.69, 9.17) is 4.42 Å². The van der Waals surface area contributed by atoms with Crippen molar-refractivity contribution in [1.82, 2.24) is 10.3 Å². The van der Waals surface area contributed by atoms with Crippen molar-refractivity contribution in [3.63, 3.8) is 0 Å². The first-order valence-corrected chi connectivity index (χ1v) is 15.7. The molecule has 0 saturated heterocycles. The van der Waals surface area contributed by atoms with Crippen LogP contribution >= 0.6 is 11.3 Å². The molecule has 5 rings (SSSR count). The predicted molar refractivity (Wildman–Crippen MR) is 170 cm³/mol. The molecule has 2 aromatic carbocycles. The van der Waals surface area contributed by atoms with E-state index in [2.05, 4.69) is 16.9 Å². The maximum atomic E-state index is 13.8. The lowest BCUT2D eigenvalue weighted by molar-refractivity contribution is -0.137. The number of nitrogens with one attached hydrogen (secondary N) is 1. The first-order chi connectivity index (χ1) is 20.5. The van der Waals surface area contributed by atoms with E-state index in [0.717, 1.165) is 34.2 Å². The van der Waals surface area contributed by atoms with Gasteiger partial charge in [0, 0.05) is 55.9 Å². The molecule has 2 heterocycles.